The average molecular weight is 502 g/mol. The molecule has 0 aliphatic rings. The topological polar surface area (TPSA) is 18.8 Å². The number of aryl methyl sites for hydroxylation is 2. The Bertz CT molecular complexity index is 1420. The van der Waals surface area contributed by atoms with E-state index >= 15 is 0 Å². The van der Waals surface area contributed by atoms with E-state index in [2.05, 4.69) is 122 Å². The lowest BCUT2D eigenvalue weighted by Gasteiger charge is -2.23. The molecule has 0 N–H and O–H groups in total. The van der Waals surface area contributed by atoms with Crippen molar-refractivity contribution in [2.75, 3.05) is 9.91 Å². The second kappa shape index (κ2) is 11.7. The van der Waals surface area contributed by atoms with Gasteiger partial charge in [0.25, 0.3) is 0 Å². The minimum Gasteiger partial charge on any atom is -0.302 e. The quantitative estimate of drug-likeness (QED) is 0.148. The monoisotopic (exact) mass is 501 g/mol. The first-order chi connectivity index (χ1) is 18.2. The van der Waals surface area contributed by atoms with Crippen molar-refractivity contribution in [2.45, 2.75) is 26.7 Å². The number of rotatable bonds is 9. The molecule has 3 nitrogen and oxygen atoms in total. The van der Waals surface area contributed by atoms with Gasteiger partial charge in [-0.05, 0) is 84.6 Å². The van der Waals surface area contributed by atoms with Gasteiger partial charge < -0.3 is 4.90 Å². The minimum atomic E-state index is 1.02. The van der Waals surface area contributed by atoms with Gasteiger partial charge in [-0.15, -0.1) is 11.3 Å². The first kappa shape index (κ1) is 24.5. The Balaban J connectivity index is 1.47. The molecule has 1 heterocycles. The second-order valence-corrected chi connectivity index (χ2v) is 9.87. The molecule has 0 atom stereocenters. The van der Waals surface area contributed by atoms with E-state index in [-0.39, 0.29) is 0 Å². The van der Waals surface area contributed by atoms with Crippen LogP contribution in [0.15, 0.2) is 126 Å². The Morgan fingerprint density at radius 3 is 1.62 bits per heavy atom. The molecule has 0 saturated heterocycles. The number of thiophene rings is 1. The molecule has 5 aromatic rings. The van der Waals surface area contributed by atoms with Crippen LogP contribution in [0.25, 0.3) is 0 Å². The van der Waals surface area contributed by atoms with E-state index in [0.717, 1.165) is 45.5 Å². The van der Waals surface area contributed by atoms with Gasteiger partial charge >= 0.3 is 0 Å². The molecule has 0 unspecified atom stereocenters. The summed E-state index contributed by atoms with van der Waals surface area (Å²) in [5.41, 5.74) is 7.01. The molecule has 184 valence electrons. The Morgan fingerprint density at radius 1 is 0.568 bits per heavy atom. The highest BCUT2D eigenvalue weighted by Gasteiger charge is 2.15. The number of anilines is 5. The number of para-hydroxylation sites is 2. The lowest BCUT2D eigenvalue weighted by Crippen LogP contribution is -2.09. The third-order valence-electron chi connectivity index (χ3n) is 6.34. The smallest absolute Gasteiger partial charge is 0.101 e. The summed E-state index contributed by atoms with van der Waals surface area (Å²) in [5.74, 6) is 0. The number of hydrogen-bond donors (Lipinski definition) is 0. The molecular formula is C33H31N3S. The van der Waals surface area contributed by atoms with Crippen molar-refractivity contribution < 1.29 is 0 Å². The number of benzene rings is 4. The number of hydrazone groups is 1. The first-order valence-electron chi connectivity index (χ1n) is 12.8. The minimum absolute atomic E-state index is 1.02. The zero-order chi connectivity index (χ0) is 25.5. The molecule has 0 aliphatic heterocycles. The normalized spacial score (nSPS) is 11.1. The van der Waals surface area contributed by atoms with Crippen LogP contribution in [0.5, 0.6) is 0 Å². The number of hydrogen-bond acceptors (Lipinski definition) is 4. The second-order valence-electron chi connectivity index (χ2n) is 8.78. The van der Waals surface area contributed by atoms with Crippen molar-refractivity contribution in [2.24, 2.45) is 5.10 Å². The largest absolute Gasteiger partial charge is 0.302 e. The molecule has 1 aromatic heterocycles. The third kappa shape index (κ3) is 5.82. The van der Waals surface area contributed by atoms with Crippen LogP contribution in [-0.4, -0.2) is 6.21 Å². The third-order valence-corrected chi connectivity index (χ3v) is 7.35. The number of nitrogens with zero attached hydrogens (tertiary/aromatic N) is 3. The van der Waals surface area contributed by atoms with Crippen LogP contribution in [0.3, 0.4) is 0 Å². The van der Waals surface area contributed by atoms with E-state index in [1.807, 2.05) is 29.4 Å². The predicted molar refractivity (Wildman–Crippen MR) is 160 cm³/mol. The molecule has 0 amide bonds. The summed E-state index contributed by atoms with van der Waals surface area (Å²) in [7, 11) is 0. The molecule has 4 heteroatoms. The van der Waals surface area contributed by atoms with E-state index in [9.17, 15) is 0 Å². The van der Waals surface area contributed by atoms with Crippen molar-refractivity contribution in [3.05, 3.63) is 137 Å². The molecule has 0 spiro atoms. The van der Waals surface area contributed by atoms with Crippen LogP contribution in [-0.2, 0) is 12.8 Å². The summed E-state index contributed by atoms with van der Waals surface area (Å²) in [4.78, 5) is 3.40. The highest BCUT2D eigenvalue weighted by Crippen LogP contribution is 2.38. The lowest BCUT2D eigenvalue weighted by atomic mass is 10.1. The standard InChI is InChI=1S/C33H31N3S/c1-3-26-15-19-29(20-16-26)35(28-11-7-5-8-12-28)33-24-23-32(37-33)25-34-36(30-13-9-6-10-14-30)31-21-17-27(4-2)18-22-31/h5-25H,3-4H2,1-2H3. The molecule has 0 saturated carbocycles. The summed E-state index contributed by atoms with van der Waals surface area (Å²) in [6.07, 6.45) is 4.01. The van der Waals surface area contributed by atoms with E-state index < -0.39 is 0 Å². The molecule has 5 rings (SSSR count). The van der Waals surface area contributed by atoms with E-state index in [0.29, 0.717) is 0 Å². The highest BCUT2D eigenvalue weighted by atomic mass is 32.1. The summed E-state index contributed by atoms with van der Waals surface area (Å²) in [5, 5.41) is 8.08. The van der Waals surface area contributed by atoms with Crippen molar-refractivity contribution in [3.8, 4) is 0 Å². The fourth-order valence-electron chi connectivity index (χ4n) is 4.23. The Morgan fingerprint density at radius 2 is 1.05 bits per heavy atom. The molecule has 4 aromatic carbocycles. The maximum atomic E-state index is 4.93. The Labute approximate surface area is 224 Å². The van der Waals surface area contributed by atoms with Gasteiger partial charge in [0.05, 0.1) is 17.6 Å². The molecule has 0 radical (unpaired) electrons. The average Bonchev–Trinajstić information content (AvgIpc) is 3.43. The van der Waals surface area contributed by atoms with Gasteiger partial charge in [0.15, 0.2) is 0 Å². The maximum Gasteiger partial charge on any atom is 0.101 e. The predicted octanol–water partition coefficient (Wildman–Crippen LogP) is 9.51. The van der Waals surface area contributed by atoms with Gasteiger partial charge in [-0.2, -0.15) is 5.10 Å². The summed E-state index contributed by atoms with van der Waals surface area (Å²) >= 11 is 1.73. The molecule has 37 heavy (non-hydrogen) atoms. The van der Waals surface area contributed by atoms with Crippen LogP contribution in [0.1, 0.15) is 29.9 Å². The fourth-order valence-corrected chi connectivity index (χ4v) is 5.15. The van der Waals surface area contributed by atoms with Crippen LogP contribution in [0, 0.1) is 0 Å². The van der Waals surface area contributed by atoms with Crippen molar-refractivity contribution in [3.63, 3.8) is 0 Å². The van der Waals surface area contributed by atoms with Gasteiger partial charge in [0.1, 0.15) is 5.00 Å². The zero-order valence-corrected chi connectivity index (χ0v) is 22.1. The molecule has 0 fully saturated rings. The van der Waals surface area contributed by atoms with Crippen LogP contribution in [0.4, 0.5) is 27.8 Å². The highest BCUT2D eigenvalue weighted by molar-refractivity contribution is 7.17. The van der Waals surface area contributed by atoms with Gasteiger partial charge in [0.2, 0.25) is 0 Å². The van der Waals surface area contributed by atoms with Gasteiger partial charge in [0, 0.05) is 16.3 Å². The molecule has 0 bridgehead atoms. The van der Waals surface area contributed by atoms with Crippen molar-refractivity contribution in [1.29, 1.82) is 0 Å². The van der Waals surface area contributed by atoms with E-state index in [1.165, 1.54) is 11.1 Å². The van der Waals surface area contributed by atoms with Crippen molar-refractivity contribution in [1.82, 2.24) is 0 Å². The van der Waals surface area contributed by atoms with Crippen LogP contribution >= 0.6 is 11.3 Å². The Hall–Kier alpha value is -4.15. The summed E-state index contributed by atoms with van der Waals surface area (Å²) in [6.45, 7) is 4.36. The van der Waals surface area contributed by atoms with Crippen LogP contribution in [0.2, 0.25) is 0 Å². The lowest BCUT2D eigenvalue weighted by molar-refractivity contribution is 1.08. The van der Waals surface area contributed by atoms with Crippen LogP contribution < -0.4 is 9.91 Å². The van der Waals surface area contributed by atoms with Gasteiger partial charge in [-0.1, -0.05) is 74.5 Å². The van der Waals surface area contributed by atoms with Crippen molar-refractivity contribution >= 4 is 45.3 Å². The summed E-state index contributed by atoms with van der Waals surface area (Å²) < 4.78 is 0. The maximum absolute atomic E-state index is 4.93. The molecule has 0 aliphatic carbocycles. The van der Waals surface area contributed by atoms with Gasteiger partial charge in [-0.25, -0.2) is 5.01 Å². The SMILES string of the molecule is CCc1ccc(N(N=Cc2ccc(N(c3ccccc3)c3ccc(CC)cc3)s2)c2ccccc2)cc1. The fraction of sp³-hybridized carbons (Fsp3) is 0.121. The van der Waals surface area contributed by atoms with E-state index in [1.54, 1.807) is 11.3 Å². The molecular weight excluding hydrogens is 470 g/mol. The van der Waals surface area contributed by atoms with E-state index in [4.69, 9.17) is 5.10 Å². The van der Waals surface area contributed by atoms with Gasteiger partial charge in [-0.3, -0.25) is 0 Å². The summed E-state index contributed by atoms with van der Waals surface area (Å²) in [6, 6.07) is 42.6. The zero-order valence-electron chi connectivity index (χ0n) is 21.3. The first-order valence-corrected chi connectivity index (χ1v) is 13.6. The Kier molecular flexibility index (Phi) is 7.78.